The number of halogens is 4. The van der Waals surface area contributed by atoms with Gasteiger partial charge in [-0.2, -0.15) is 13.2 Å². The van der Waals surface area contributed by atoms with Crippen LogP contribution in [-0.2, 0) is 6.54 Å². The first kappa shape index (κ1) is 26.8. The van der Waals surface area contributed by atoms with Gasteiger partial charge < -0.3 is 25.4 Å². The highest BCUT2D eigenvalue weighted by atomic mass is 127. The second kappa shape index (κ2) is 13.9. The third kappa shape index (κ3) is 11.2. The van der Waals surface area contributed by atoms with E-state index in [9.17, 15) is 18.3 Å². The first-order valence-electron chi connectivity index (χ1n) is 10.1. The molecule has 1 aromatic rings. The molecule has 0 spiro atoms. The number of guanidine groups is 1. The van der Waals surface area contributed by atoms with Crippen molar-refractivity contribution in [3.8, 4) is 5.75 Å². The zero-order valence-electron chi connectivity index (χ0n) is 17.2. The van der Waals surface area contributed by atoms with Gasteiger partial charge in [-0.15, -0.1) is 24.0 Å². The lowest BCUT2D eigenvalue weighted by molar-refractivity contribution is -0.153. The van der Waals surface area contributed by atoms with Gasteiger partial charge in [-0.3, -0.25) is 0 Å². The van der Waals surface area contributed by atoms with Gasteiger partial charge in [-0.1, -0.05) is 12.1 Å². The summed E-state index contributed by atoms with van der Waals surface area (Å²) in [7, 11) is 0. The molecule has 10 heteroatoms. The van der Waals surface area contributed by atoms with E-state index in [0.717, 1.165) is 57.5 Å². The van der Waals surface area contributed by atoms with Crippen LogP contribution in [0.4, 0.5) is 13.2 Å². The second-order valence-corrected chi connectivity index (χ2v) is 7.10. The molecule has 0 unspecified atom stereocenters. The molecule has 172 valence electrons. The highest BCUT2D eigenvalue weighted by Crippen LogP contribution is 2.19. The molecule has 30 heavy (non-hydrogen) atoms. The van der Waals surface area contributed by atoms with Crippen LogP contribution >= 0.6 is 24.0 Å². The van der Waals surface area contributed by atoms with Gasteiger partial charge in [0.25, 0.3) is 0 Å². The Morgan fingerprint density at radius 2 is 1.87 bits per heavy atom. The van der Waals surface area contributed by atoms with Gasteiger partial charge in [0, 0.05) is 26.2 Å². The van der Waals surface area contributed by atoms with Crippen LogP contribution in [-0.4, -0.2) is 67.6 Å². The Bertz CT molecular complexity index is 621. The van der Waals surface area contributed by atoms with Gasteiger partial charge in [0.05, 0.1) is 12.6 Å². The molecule has 1 heterocycles. The fraction of sp³-hybridized carbons (Fsp3) is 0.650. The van der Waals surface area contributed by atoms with Gasteiger partial charge in [0.1, 0.15) is 5.75 Å². The van der Waals surface area contributed by atoms with Crippen molar-refractivity contribution in [2.75, 3.05) is 39.3 Å². The first-order chi connectivity index (χ1) is 13.9. The van der Waals surface area contributed by atoms with Gasteiger partial charge in [0.15, 0.2) is 12.6 Å². The number of ether oxygens (including phenoxy) is 1. The van der Waals surface area contributed by atoms with E-state index >= 15 is 0 Å². The summed E-state index contributed by atoms with van der Waals surface area (Å²) in [6.45, 7) is 5.50. The topological polar surface area (TPSA) is 69.1 Å². The molecule has 1 aliphatic rings. The highest BCUT2D eigenvalue weighted by Gasteiger charge is 2.28. The number of likely N-dealkylation sites (tertiary alicyclic amines) is 1. The van der Waals surface area contributed by atoms with Crippen LogP contribution in [0.3, 0.4) is 0 Å². The summed E-state index contributed by atoms with van der Waals surface area (Å²) in [5.41, 5.74) is 0.883. The molecule has 3 N–H and O–H groups in total. The van der Waals surface area contributed by atoms with Gasteiger partial charge in [-0.25, -0.2) is 4.99 Å². The molecule has 0 bridgehead atoms. The number of hydrogen-bond donors (Lipinski definition) is 3. The highest BCUT2D eigenvalue weighted by molar-refractivity contribution is 14.0. The second-order valence-electron chi connectivity index (χ2n) is 7.10. The van der Waals surface area contributed by atoms with Crippen LogP contribution in [0.5, 0.6) is 5.75 Å². The summed E-state index contributed by atoms with van der Waals surface area (Å²) in [5.74, 6) is 0.893. The van der Waals surface area contributed by atoms with Crippen molar-refractivity contribution in [3.63, 3.8) is 0 Å². The zero-order chi connectivity index (χ0) is 21.1. The van der Waals surface area contributed by atoms with Crippen LogP contribution in [0.1, 0.15) is 31.7 Å². The Kier molecular flexibility index (Phi) is 12.4. The smallest absolute Gasteiger partial charge is 0.422 e. The lowest BCUT2D eigenvalue weighted by atomic mass is 10.1. The zero-order valence-corrected chi connectivity index (χ0v) is 19.6. The Morgan fingerprint density at radius 1 is 1.20 bits per heavy atom. The Labute approximate surface area is 193 Å². The molecule has 0 aliphatic carbocycles. The quantitative estimate of drug-likeness (QED) is 0.193. The lowest BCUT2D eigenvalue weighted by Gasteiger charge is -2.29. The molecular formula is C20H32F3IN4O2. The van der Waals surface area contributed by atoms with Crippen molar-refractivity contribution in [1.82, 2.24) is 15.5 Å². The summed E-state index contributed by atoms with van der Waals surface area (Å²) in [5, 5.41) is 16.0. The average molecular weight is 544 g/mol. The number of aliphatic hydroxyl groups excluding tert-OH is 1. The van der Waals surface area contributed by atoms with Gasteiger partial charge >= 0.3 is 6.18 Å². The molecule has 1 saturated heterocycles. The molecule has 1 aromatic carbocycles. The summed E-state index contributed by atoms with van der Waals surface area (Å²) in [6.07, 6.45) is -1.83. The van der Waals surface area contributed by atoms with E-state index in [1.54, 1.807) is 12.1 Å². The predicted octanol–water partition coefficient (Wildman–Crippen LogP) is 3.15. The monoisotopic (exact) mass is 544 g/mol. The molecule has 0 radical (unpaired) electrons. The molecule has 1 aliphatic heterocycles. The molecule has 0 atom stereocenters. The fourth-order valence-electron chi connectivity index (χ4n) is 3.02. The van der Waals surface area contributed by atoms with Crippen molar-refractivity contribution >= 4 is 29.9 Å². The van der Waals surface area contributed by atoms with Crippen LogP contribution in [0, 0.1) is 0 Å². The number of nitrogens with one attached hydrogen (secondary N) is 2. The summed E-state index contributed by atoms with van der Waals surface area (Å²) in [6, 6.07) is 6.46. The maximum absolute atomic E-state index is 12.2. The minimum absolute atomic E-state index is 0. The van der Waals surface area contributed by atoms with E-state index < -0.39 is 12.8 Å². The number of rotatable bonds is 9. The van der Waals surface area contributed by atoms with Crippen LogP contribution in [0.25, 0.3) is 0 Å². The van der Waals surface area contributed by atoms with Crippen molar-refractivity contribution in [2.24, 2.45) is 4.99 Å². The third-order valence-corrected chi connectivity index (χ3v) is 4.59. The minimum Gasteiger partial charge on any atom is -0.484 e. The number of alkyl halides is 3. The van der Waals surface area contributed by atoms with E-state index in [4.69, 9.17) is 4.74 Å². The van der Waals surface area contributed by atoms with Crippen LogP contribution in [0.2, 0.25) is 0 Å². The molecular weight excluding hydrogens is 512 g/mol. The maximum Gasteiger partial charge on any atom is 0.422 e. The lowest BCUT2D eigenvalue weighted by Crippen LogP contribution is -2.40. The van der Waals surface area contributed by atoms with Gasteiger partial charge in [-0.05, 0) is 50.4 Å². The SMILES string of the molecule is CCNC(=NCc1ccc(OCC(F)(F)F)cc1)NCCCN1CCC(O)CC1.I. The average Bonchev–Trinajstić information content (AvgIpc) is 2.69. The molecule has 1 fully saturated rings. The standard InChI is InChI=1S/C20H31F3N4O2.HI/c1-2-24-19(25-10-3-11-27-12-8-17(28)9-13-27)26-14-16-4-6-18(7-5-16)29-15-20(21,22)23;/h4-7,17,28H,2-3,8-15H2,1H3,(H2,24,25,26);1H. The Morgan fingerprint density at radius 3 is 2.47 bits per heavy atom. The minimum atomic E-state index is -4.34. The van der Waals surface area contributed by atoms with E-state index in [0.29, 0.717) is 12.5 Å². The van der Waals surface area contributed by atoms with E-state index in [2.05, 4.69) is 20.5 Å². The maximum atomic E-state index is 12.2. The van der Waals surface area contributed by atoms with Gasteiger partial charge in [0.2, 0.25) is 0 Å². The largest absolute Gasteiger partial charge is 0.484 e. The number of nitrogens with zero attached hydrogens (tertiary/aromatic N) is 2. The first-order valence-corrected chi connectivity index (χ1v) is 10.1. The summed E-state index contributed by atoms with van der Waals surface area (Å²) < 4.78 is 41.3. The number of benzene rings is 1. The Hall–Kier alpha value is -1.27. The van der Waals surface area contributed by atoms with Crippen molar-refractivity contribution < 1.29 is 23.0 Å². The number of aliphatic hydroxyl groups is 1. The molecule has 0 saturated carbocycles. The number of piperidine rings is 1. The third-order valence-electron chi connectivity index (χ3n) is 4.59. The molecule has 2 rings (SSSR count). The summed E-state index contributed by atoms with van der Waals surface area (Å²) in [4.78, 5) is 6.88. The normalized spacial score (nSPS) is 16.1. The molecule has 6 nitrogen and oxygen atoms in total. The molecule has 0 amide bonds. The Balaban J connectivity index is 0.00000450. The van der Waals surface area contributed by atoms with E-state index in [1.807, 2.05) is 6.92 Å². The van der Waals surface area contributed by atoms with Crippen LogP contribution in [0.15, 0.2) is 29.3 Å². The predicted molar refractivity (Wildman–Crippen MR) is 123 cm³/mol. The number of hydrogen-bond acceptors (Lipinski definition) is 4. The van der Waals surface area contributed by atoms with Crippen molar-refractivity contribution in [1.29, 1.82) is 0 Å². The van der Waals surface area contributed by atoms with Crippen molar-refractivity contribution in [3.05, 3.63) is 29.8 Å². The summed E-state index contributed by atoms with van der Waals surface area (Å²) >= 11 is 0. The van der Waals surface area contributed by atoms with Crippen molar-refractivity contribution in [2.45, 2.75) is 45.0 Å². The fourth-order valence-corrected chi connectivity index (χ4v) is 3.02. The van der Waals surface area contributed by atoms with E-state index in [-0.39, 0.29) is 35.8 Å². The molecule has 0 aromatic heterocycles. The van der Waals surface area contributed by atoms with E-state index in [1.165, 1.54) is 12.1 Å². The van der Waals surface area contributed by atoms with Crippen LogP contribution < -0.4 is 15.4 Å². The number of aliphatic imine (C=N–C) groups is 1.